The number of aromatic nitrogens is 2. The van der Waals surface area contributed by atoms with Crippen molar-refractivity contribution < 1.29 is 19.4 Å². The number of rotatable bonds is 4. The molecule has 122 valence electrons. The van der Waals surface area contributed by atoms with Crippen molar-refractivity contribution in [3.05, 3.63) is 46.6 Å². The first kappa shape index (κ1) is 15.9. The maximum atomic E-state index is 11.9. The summed E-state index contributed by atoms with van der Waals surface area (Å²) in [6, 6.07) is 6.53. The van der Waals surface area contributed by atoms with Crippen LogP contribution < -0.4 is 5.32 Å². The first-order valence-corrected chi connectivity index (χ1v) is 7.76. The Labute approximate surface area is 140 Å². The molecule has 0 spiro atoms. The van der Waals surface area contributed by atoms with Crippen molar-refractivity contribution in [2.75, 3.05) is 12.4 Å². The highest BCUT2D eigenvalue weighted by molar-refractivity contribution is 7.20. The van der Waals surface area contributed by atoms with E-state index in [1.165, 1.54) is 30.8 Å². The lowest BCUT2D eigenvalue weighted by Crippen LogP contribution is -2.04. The number of carbonyl (C=O) groups is 2. The Balaban J connectivity index is 2.13. The molecule has 2 aromatic heterocycles. The minimum absolute atomic E-state index is 0.130. The van der Waals surface area contributed by atoms with Crippen LogP contribution in [-0.4, -0.2) is 34.1 Å². The van der Waals surface area contributed by atoms with E-state index in [2.05, 4.69) is 15.3 Å². The topological polar surface area (TPSA) is 101 Å². The van der Waals surface area contributed by atoms with Crippen molar-refractivity contribution in [2.24, 2.45) is 0 Å². The van der Waals surface area contributed by atoms with Crippen molar-refractivity contribution in [2.45, 2.75) is 6.92 Å². The van der Waals surface area contributed by atoms with Crippen LogP contribution in [0.3, 0.4) is 0 Å². The highest BCUT2D eigenvalue weighted by Crippen LogP contribution is 2.35. The molecule has 0 aliphatic rings. The largest absolute Gasteiger partial charge is 0.478 e. The van der Waals surface area contributed by atoms with Crippen LogP contribution in [0.2, 0.25) is 0 Å². The summed E-state index contributed by atoms with van der Waals surface area (Å²) in [5, 5.41) is 13.0. The molecule has 0 bridgehead atoms. The molecule has 2 N–H and O–H groups in total. The summed E-state index contributed by atoms with van der Waals surface area (Å²) in [4.78, 5) is 32.7. The number of thiophene rings is 1. The van der Waals surface area contributed by atoms with E-state index in [0.29, 0.717) is 32.2 Å². The number of anilines is 2. The molecule has 0 fully saturated rings. The van der Waals surface area contributed by atoms with Gasteiger partial charge in [-0.2, -0.15) is 0 Å². The fraction of sp³-hybridized carbons (Fsp3) is 0.125. The maximum Gasteiger partial charge on any atom is 0.348 e. The van der Waals surface area contributed by atoms with Crippen LogP contribution in [0.25, 0.3) is 10.2 Å². The number of benzene rings is 1. The van der Waals surface area contributed by atoms with Crippen molar-refractivity contribution >= 4 is 45.0 Å². The third kappa shape index (κ3) is 2.67. The van der Waals surface area contributed by atoms with Gasteiger partial charge in [-0.15, -0.1) is 11.3 Å². The van der Waals surface area contributed by atoms with Crippen molar-refractivity contribution in [3.8, 4) is 0 Å². The molecular weight excluding hydrogens is 330 g/mol. The molecule has 0 aliphatic carbocycles. The number of aryl methyl sites for hydroxylation is 1. The van der Waals surface area contributed by atoms with Crippen molar-refractivity contribution in [1.82, 2.24) is 9.97 Å². The number of esters is 1. The Hall–Kier alpha value is -3.00. The molecule has 24 heavy (non-hydrogen) atoms. The van der Waals surface area contributed by atoms with E-state index in [4.69, 9.17) is 4.74 Å². The van der Waals surface area contributed by atoms with Gasteiger partial charge in [0.05, 0.1) is 23.7 Å². The first-order valence-electron chi connectivity index (χ1n) is 6.94. The van der Waals surface area contributed by atoms with E-state index < -0.39 is 11.9 Å². The number of hydrogen-bond acceptors (Lipinski definition) is 7. The first-order chi connectivity index (χ1) is 11.5. The number of nitrogens with one attached hydrogen (secondary N) is 1. The summed E-state index contributed by atoms with van der Waals surface area (Å²) in [6.07, 6.45) is 1.37. The monoisotopic (exact) mass is 343 g/mol. The number of methoxy groups -OCH3 is 1. The van der Waals surface area contributed by atoms with Crippen LogP contribution in [0, 0.1) is 6.92 Å². The second-order valence-corrected chi connectivity index (χ2v) is 5.93. The Kier molecular flexibility index (Phi) is 4.13. The highest BCUT2D eigenvalue weighted by Gasteiger charge is 2.20. The van der Waals surface area contributed by atoms with Gasteiger partial charge in [-0.05, 0) is 24.6 Å². The van der Waals surface area contributed by atoms with Gasteiger partial charge < -0.3 is 15.2 Å². The number of ether oxygens (including phenoxy) is 1. The van der Waals surface area contributed by atoms with Gasteiger partial charge in [0.1, 0.15) is 21.9 Å². The summed E-state index contributed by atoms with van der Waals surface area (Å²) in [5.74, 6) is -1.04. The van der Waals surface area contributed by atoms with Crippen molar-refractivity contribution in [1.29, 1.82) is 0 Å². The molecule has 2 heterocycles. The number of hydrogen-bond donors (Lipinski definition) is 2. The Morgan fingerprint density at radius 1 is 1.25 bits per heavy atom. The van der Waals surface area contributed by atoms with Crippen LogP contribution in [0.5, 0.6) is 0 Å². The van der Waals surface area contributed by atoms with E-state index in [9.17, 15) is 14.7 Å². The third-order valence-electron chi connectivity index (χ3n) is 3.51. The van der Waals surface area contributed by atoms with Crippen LogP contribution in [0.15, 0.2) is 30.6 Å². The normalized spacial score (nSPS) is 10.6. The lowest BCUT2D eigenvalue weighted by atomic mass is 10.1. The standard InChI is InChI=1S/C16H13N3O4S/c1-8-11-13(19-10-6-4-3-5-9(10)15(20)21)17-7-18-14(11)24-12(8)16(22)23-2/h3-7H,1-2H3,(H,20,21)(H,17,18,19). The highest BCUT2D eigenvalue weighted by atomic mass is 32.1. The molecule has 0 atom stereocenters. The molecule has 0 radical (unpaired) electrons. The molecule has 0 unspecified atom stereocenters. The van der Waals surface area contributed by atoms with Gasteiger partial charge in [0, 0.05) is 0 Å². The molecule has 1 aromatic carbocycles. The number of para-hydroxylation sites is 1. The Morgan fingerprint density at radius 2 is 2.00 bits per heavy atom. The number of carboxylic acid groups (broad SMARTS) is 1. The molecule has 0 saturated heterocycles. The Morgan fingerprint density at radius 3 is 2.71 bits per heavy atom. The zero-order valence-corrected chi connectivity index (χ0v) is 13.7. The summed E-state index contributed by atoms with van der Waals surface area (Å²) < 4.78 is 4.78. The van der Waals surface area contributed by atoms with Gasteiger partial charge in [0.25, 0.3) is 0 Å². The summed E-state index contributed by atoms with van der Waals surface area (Å²) in [7, 11) is 1.32. The van der Waals surface area contributed by atoms with E-state index >= 15 is 0 Å². The van der Waals surface area contributed by atoms with Crippen LogP contribution in [0.1, 0.15) is 25.6 Å². The molecule has 0 amide bonds. The van der Waals surface area contributed by atoms with Crippen LogP contribution in [0.4, 0.5) is 11.5 Å². The molecule has 3 aromatic rings. The van der Waals surface area contributed by atoms with Gasteiger partial charge >= 0.3 is 11.9 Å². The lowest BCUT2D eigenvalue weighted by Gasteiger charge is -2.09. The number of fused-ring (bicyclic) bond motifs is 1. The van der Waals surface area contributed by atoms with E-state index in [1.54, 1.807) is 25.1 Å². The predicted octanol–water partition coefficient (Wildman–Crippen LogP) is 3.23. The minimum Gasteiger partial charge on any atom is -0.478 e. The number of nitrogens with zero attached hydrogens (tertiary/aromatic N) is 2. The van der Waals surface area contributed by atoms with Crippen LogP contribution in [-0.2, 0) is 4.74 Å². The second-order valence-electron chi connectivity index (χ2n) is 4.93. The average Bonchev–Trinajstić information content (AvgIpc) is 2.92. The Bertz CT molecular complexity index is 952. The van der Waals surface area contributed by atoms with E-state index in [-0.39, 0.29) is 5.56 Å². The molecular formula is C16H13N3O4S. The second kappa shape index (κ2) is 6.25. The minimum atomic E-state index is -1.04. The average molecular weight is 343 g/mol. The molecule has 0 aliphatic heterocycles. The number of carbonyl (C=O) groups excluding carboxylic acids is 1. The fourth-order valence-corrected chi connectivity index (χ4v) is 3.43. The number of aromatic carboxylic acids is 1. The van der Waals surface area contributed by atoms with Crippen molar-refractivity contribution in [3.63, 3.8) is 0 Å². The smallest absolute Gasteiger partial charge is 0.348 e. The molecule has 3 rings (SSSR count). The summed E-state index contributed by atoms with van der Waals surface area (Å²) in [5.41, 5.74) is 1.23. The maximum absolute atomic E-state index is 11.9. The van der Waals surface area contributed by atoms with Gasteiger partial charge in [0.15, 0.2) is 0 Å². The van der Waals surface area contributed by atoms with Gasteiger partial charge in [-0.3, -0.25) is 0 Å². The molecule has 7 nitrogen and oxygen atoms in total. The van der Waals surface area contributed by atoms with E-state index in [0.717, 1.165) is 0 Å². The fourth-order valence-electron chi connectivity index (χ4n) is 2.36. The van der Waals surface area contributed by atoms with Gasteiger partial charge in [-0.1, -0.05) is 12.1 Å². The molecule has 0 saturated carbocycles. The zero-order valence-electron chi connectivity index (χ0n) is 12.9. The molecule has 8 heteroatoms. The lowest BCUT2D eigenvalue weighted by molar-refractivity contribution is 0.0604. The zero-order chi connectivity index (χ0) is 17.3. The SMILES string of the molecule is COC(=O)c1sc2ncnc(Nc3ccccc3C(=O)O)c2c1C. The summed E-state index contributed by atoms with van der Waals surface area (Å²) >= 11 is 1.21. The summed E-state index contributed by atoms with van der Waals surface area (Å²) in [6.45, 7) is 1.78. The van der Waals surface area contributed by atoms with Gasteiger partial charge in [-0.25, -0.2) is 19.6 Å². The van der Waals surface area contributed by atoms with E-state index in [1.807, 2.05) is 0 Å². The quantitative estimate of drug-likeness (QED) is 0.701. The third-order valence-corrected chi connectivity index (χ3v) is 4.69. The van der Waals surface area contributed by atoms with Gasteiger partial charge in [0.2, 0.25) is 0 Å². The predicted molar refractivity (Wildman–Crippen MR) is 90.2 cm³/mol. The van der Waals surface area contributed by atoms with Crippen LogP contribution >= 0.6 is 11.3 Å². The number of carboxylic acids is 1.